The normalized spacial score (nSPS) is 14.8. The van der Waals surface area contributed by atoms with E-state index >= 15 is 0 Å². The number of rotatable bonds is 1. The molecule has 0 radical (unpaired) electrons. The van der Waals surface area contributed by atoms with Crippen molar-refractivity contribution in [2.75, 3.05) is 5.73 Å². The number of allylic oxidation sites excluding steroid dienone is 4. The fraction of sp³-hybridized carbons (Fsp3) is 0.0909. The second-order valence-corrected chi connectivity index (χ2v) is 2.92. The van der Waals surface area contributed by atoms with Gasteiger partial charge in [-0.2, -0.15) is 0 Å². The number of benzene rings is 1. The summed E-state index contributed by atoms with van der Waals surface area (Å²) in [5, 5.41) is 0. The van der Waals surface area contributed by atoms with Crippen molar-refractivity contribution in [3.63, 3.8) is 0 Å². The second-order valence-electron chi connectivity index (χ2n) is 2.92. The van der Waals surface area contributed by atoms with Crippen molar-refractivity contribution < 1.29 is 0 Å². The minimum absolute atomic E-state index is 0.828. The number of nitrogens with two attached hydrogens (primary N) is 1. The SMILES string of the molecule is Nc1cccc(C2=CCC=C2)c1. The highest BCUT2D eigenvalue weighted by atomic mass is 14.5. The molecule has 0 bridgehead atoms. The third-order valence-electron chi connectivity index (χ3n) is 1.99. The van der Waals surface area contributed by atoms with E-state index in [9.17, 15) is 0 Å². The van der Waals surface area contributed by atoms with Crippen molar-refractivity contribution in [3.8, 4) is 0 Å². The lowest BCUT2D eigenvalue weighted by molar-refractivity contribution is 1.45. The van der Waals surface area contributed by atoms with E-state index in [2.05, 4.69) is 24.3 Å². The minimum atomic E-state index is 0.828. The van der Waals surface area contributed by atoms with Gasteiger partial charge in [0, 0.05) is 5.69 Å². The molecule has 0 saturated carbocycles. The van der Waals surface area contributed by atoms with Crippen molar-refractivity contribution >= 4 is 11.3 Å². The van der Waals surface area contributed by atoms with E-state index in [1.54, 1.807) is 0 Å². The van der Waals surface area contributed by atoms with Crippen molar-refractivity contribution in [3.05, 3.63) is 48.1 Å². The summed E-state index contributed by atoms with van der Waals surface area (Å²) in [6.07, 6.45) is 7.53. The Balaban J connectivity index is 2.40. The van der Waals surface area contributed by atoms with E-state index in [1.165, 1.54) is 11.1 Å². The molecule has 0 aromatic heterocycles. The molecule has 0 unspecified atom stereocenters. The molecule has 1 nitrogen and oxygen atoms in total. The van der Waals surface area contributed by atoms with Crippen molar-refractivity contribution in [2.45, 2.75) is 6.42 Å². The van der Waals surface area contributed by atoms with E-state index in [0.29, 0.717) is 0 Å². The van der Waals surface area contributed by atoms with E-state index in [4.69, 9.17) is 5.73 Å². The smallest absolute Gasteiger partial charge is 0.0320 e. The van der Waals surface area contributed by atoms with Gasteiger partial charge in [-0.05, 0) is 29.7 Å². The van der Waals surface area contributed by atoms with Crippen LogP contribution in [0.5, 0.6) is 0 Å². The van der Waals surface area contributed by atoms with Crippen LogP contribution in [-0.2, 0) is 0 Å². The van der Waals surface area contributed by atoms with Gasteiger partial charge in [0.25, 0.3) is 0 Å². The molecule has 0 fully saturated rings. The van der Waals surface area contributed by atoms with Crippen LogP contribution in [0.4, 0.5) is 5.69 Å². The molecule has 1 aliphatic rings. The summed E-state index contributed by atoms with van der Waals surface area (Å²) >= 11 is 0. The fourth-order valence-corrected chi connectivity index (χ4v) is 1.39. The van der Waals surface area contributed by atoms with Crippen molar-refractivity contribution in [1.29, 1.82) is 0 Å². The molecule has 2 rings (SSSR count). The van der Waals surface area contributed by atoms with Crippen LogP contribution in [-0.4, -0.2) is 0 Å². The molecule has 0 spiro atoms. The molecule has 0 amide bonds. The predicted octanol–water partition coefficient (Wildman–Crippen LogP) is 2.61. The summed E-state index contributed by atoms with van der Waals surface area (Å²) in [5.41, 5.74) is 8.99. The van der Waals surface area contributed by atoms with E-state index in [-0.39, 0.29) is 0 Å². The summed E-state index contributed by atoms with van der Waals surface area (Å²) in [6.45, 7) is 0. The highest BCUT2D eigenvalue weighted by Gasteiger charge is 2.00. The first-order chi connectivity index (χ1) is 5.86. The van der Waals surface area contributed by atoms with Crippen molar-refractivity contribution in [2.24, 2.45) is 0 Å². The van der Waals surface area contributed by atoms with Gasteiger partial charge < -0.3 is 5.73 Å². The molecular formula is C11H11N. The first-order valence-corrected chi connectivity index (χ1v) is 4.09. The third kappa shape index (κ3) is 1.26. The van der Waals surface area contributed by atoms with Crippen LogP contribution in [0.2, 0.25) is 0 Å². The van der Waals surface area contributed by atoms with Crippen molar-refractivity contribution in [1.82, 2.24) is 0 Å². The van der Waals surface area contributed by atoms with Gasteiger partial charge in [0.1, 0.15) is 0 Å². The van der Waals surface area contributed by atoms with E-state index in [0.717, 1.165) is 12.1 Å². The summed E-state index contributed by atoms with van der Waals surface area (Å²) in [4.78, 5) is 0. The Morgan fingerprint density at radius 2 is 2.17 bits per heavy atom. The average Bonchev–Trinajstić information content (AvgIpc) is 2.56. The van der Waals surface area contributed by atoms with E-state index in [1.807, 2.05) is 18.2 Å². The van der Waals surface area contributed by atoms with Crippen LogP contribution in [0.3, 0.4) is 0 Å². The number of nitrogen functional groups attached to an aromatic ring is 1. The van der Waals surface area contributed by atoms with Crippen LogP contribution in [0.1, 0.15) is 12.0 Å². The zero-order valence-corrected chi connectivity index (χ0v) is 6.83. The monoisotopic (exact) mass is 157 g/mol. The maximum atomic E-state index is 5.67. The van der Waals surface area contributed by atoms with E-state index < -0.39 is 0 Å². The molecule has 0 saturated heterocycles. The molecular weight excluding hydrogens is 146 g/mol. The molecule has 1 aromatic rings. The minimum Gasteiger partial charge on any atom is -0.399 e. The lowest BCUT2D eigenvalue weighted by Gasteiger charge is -2.00. The largest absolute Gasteiger partial charge is 0.399 e. The third-order valence-corrected chi connectivity index (χ3v) is 1.99. The highest BCUT2D eigenvalue weighted by molar-refractivity contribution is 5.77. The lowest BCUT2D eigenvalue weighted by atomic mass is 10.1. The Labute approximate surface area is 72.2 Å². The van der Waals surface area contributed by atoms with Crippen LogP contribution in [0.25, 0.3) is 5.57 Å². The van der Waals surface area contributed by atoms with Gasteiger partial charge >= 0.3 is 0 Å². The molecule has 60 valence electrons. The standard InChI is InChI=1S/C11H11N/c12-11-7-3-6-10(8-11)9-4-1-2-5-9/h1,3-8H,2,12H2. The van der Waals surface area contributed by atoms with Gasteiger partial charge in [0.2, 0.25) is 0 Å². The van der Waals surface area contributed by atoms with Gasteiger partial charge in [0.05, 0.1) is 0 Å². The summed E-state index contributed by atoms with van der Waals surface area (Å²) in [6, 6.07) is 7.97. The van der Waals surface area contributed by atoms with Crippen LogP contribution in [0.15, 0.2) is 42.5 Å². The maximum Gasteiger partial charge on any atom is 0.0320 e. The molecule has 0 aliphatic heterocycles. The zero-order valence-electron chi connectivity index (χ0n) is 6.83. The Morgan fingerprint density at radius 1 is 1.25 bits per heavy atom. The summed E-state index contributed by atoms with van der Waals surface area (Å²) in [7, 11) is 0. The maximum absolute atomic E-state index is 5.67. The van der Waals surface area contributed by atoms with Gasteiger partial charge in [-0.15, -0.1) is 0 Å². The fourth-order valence-electron chi connectivity index (χ4n) is 1.39. The molecule has 2 N–H and O–H groups in total. The first kappa shape index (κ1) is 7.17. The number of anilines is 1. The molecule has 0 heterocycles. The average molecular weight is 157 g/mol. The zero-order chi connectivity index (χ0) is 8.39. The molecule has 12 heavy (non-hydrogen) atoms. The molecule has 0 atom stereocenters. The second kappa shape index (κ2) is 2.86. The summed E-state index contributed by atoms with van der Waals surface area (Å²) in [5.74, 6) is 0. The predicted molar refractivity (Wildman–Crippen MR) is 52.6 cm³/mol. The summed E-state index contributed by atoms with van der Waals surface area (Å²) < 4.78 is 0. The molecule has 1 aliphatic carbocycles. The van der Waals surface area contributed by atoms with Crippen LogP contribution in [0, 0.1) is 0 Å². The topological polar surface area (TPSA) is 26.0 Å². The lowest BCUT2D eigenvalue weighted by Crippen LogP contribution is -1.85. The highest BCUT2D eigenvalue weighted by Crippen LogP contribution is 2.22. The van der Waals surface area contributed by atoms with Crippen LogP contribution >= 0.6 is 0 Å². The number of hydrogen-bond donors (Lipinski definition) is 1. The molecule has 1 aromatic carbocycles. The van der Waals surface area contributed by atoms with Gasteiger partial charge in [0.15, 0.2) is 0 Å². The van der Waals surface area contributed by atoms with Gasteiger partial charge in [-0.25, -0.2) is 0 Å². The Bertz CT molecular complexity index is 348. The van der Waals surface area contributed by atoms with Gasteiger partial charge in [-0.3, -0.25) is 0 Å². The number of hydrogen-bond acceptors (Lipinski definition) is 1. The Morgan fingerprint density at radius 3 is 2.83 bits per heavy atom. The Hall–Kier alpha value is -1.50. The quantitative estimate of drug-likeness (QED) is 0.623. The van der Waals surface area contributed by atoms with Gasteiger partial charge in [-0.1, -0.05) is 30.4 Å². The first-order valence-electron chi connectivity index (χ1n) is 4.09. The Kier molecular flexibility index (Phi) is 1.71. The van der Waals surface area contributed by atoms with Crippen LogP contribution < -0.4 is 5.73 Å². The molecule has 1 heteroatoms.